The van der Waals surface area contributed by atoms with Gasteiger partial charge in [-0.2, -0.15) is 5.10 Å². The van der Waals surface area contributed by atoms with Gasteiger partial charge in [-0.3, -0.25) is 4.68 Å². The van der Waals surface area contributed by atoms with Crippen molar-refractivity contribution >= 4 is 5.69 Å². The lowest BCUT2D eigenvalue weighted by Gasteiger charge is -2.10. The fourth-order valence-electron chi connectivity index (χ4n) is 1.43. The Morgan fingerprint density at radius 2 is 2.36 bits per heavy atom. The normalized spacial score (nSPS) is 12.8. The van der Waals surface area contributed by atoms with Gasteiger partial charge in [-0.1, -0.05) is 13.3 Å². The van der Waals surface area contributed by atoms with E-state index < -0.39 is 0 Å². The van der Waals surface area contributed by atoms with Crippen molar-refractivity contribution in [2.75, 3.05) is 11.9 Å². The van der Waals surface area contributed by atoms with Gasteiger partial charge in [0.05, 0.1) is 11.9 Å². The summed E-state index contributed by atoms with van der Waals surface area (Å²) in [6.07, 6.45) is 7.07. The Balaban J connectivity index is 2.15. The Morgan fingerprint density at radius 1 is 1.57 bits per heavy atom. The van der Waals surface area contributed by atoms with Crippen LogP contribution >= 0.6 is 0 Å². The van der Waals surface area contributed by atoms with Crippen LogP contribution < -0.4 is 11.1 Å². The fraction of sp³-hybridized carbons (Fsp3) is 0.700. The van der Waals surface area contributed by atoms with E-state index in [2.05, 4.69) is 17.3 Å². The molecule has 1 aromatic heterocycles. The third-order valence-corrected chi connectivity index (χ3v) is 2.21. The second-order valence-corrected chi connectivity index (χ2v) is 3.67. The molecule has 0 spiro atoms. The molecule has 3 N–H and O–H groups in total. The highest BCUT2D eigenvalue weighted by Crippen LogP contribution is 2.04. The van der Waals surface area contributed by atoms with Crippen LogP contribution in [0.3, 0.4) is 0 Å². The maximum absolute atomic E-state index is 5.89. The van der Waals surface area contributed by atoms with Gasteiger partial charge in [-0.25, -0.2) is 0 Å². The molecule has 0 aromatic carbocycles. The van der Waals surface area contributed by atoms with Crippen molar-refractivity contribution in [3.8, 4) is 0 Å². The van der Waals surface area contributed by atoms with Crippen LogP contribution in [0.25, 0.3) is 0 Å². The first-order valence-electron chi connectivity index (χ1n) is 5.20. The zero-order chi connectivity index (χ0) is 10.4. The van der Waals surface area contributed by atoms with Crippen molar-refractivity contribution in [2.24, 2.45) is 12.8 Å². The van der Waals surface area contributed by atoms with Crippen molar-refractivity contribution in [3.05, 3.63) is 12.4 Å². The van der Waals surface area contributed by atoms with Gasteiger partial charge in [0.1, 0.15) is 0 Å². The van der Waals surface area contributed by atoms with Gasteiger partial charge in [0.15, 0.2) is 0 Å². The van der Waals surface area contributed by atoms with Crippen LogP contribution in [-0.2, 0) is 7.05 Å². The van der Waals surface area contributed by atoms with E-state index in [1.807, 2.05) is 19.4 Å². The molecule has 1 aromatic rings. The topological polar surface area (TPSA) is 55.9 Å². The highest BCUT2D eigenvalue weighted by molar-refractivity contribution is 5.37. The van der Waals surface area contributed by atoms with Crippen LogP contribution in [0, 0.1) is 0 Å². The molecule has 0 saturated heterocycles. The summed E-state index contributed by atoms with van der Waals surface area (Å²) >= 11 is 0. The SMILES string of the molecule is CCCC(N)CCNc1cnn(C)c1. The zero-order valence-corrected chi connectivity index (χ0v) is 9.03. The minimum Gasteiger partial charge on any atom is -0.382 e. The summed E-state index contributed by atoms with van der Waals surface area (Å²) < 4.78 is 1.79. The predicted molar refractivity (Wildman–Crippen MR) is 59.2 cm³/mol. The number of nitrogens with one attached hydrogen (secondary N) is 1. The van der Waals surface area contributed by atoms with Gasteiger partial charge >= 0.3 is 0 Å². The molecular formula is C10H20N4. The molecule has 0 aliphatic heterocycles. The molecule has 1 atom stereocenters. The predicted octanol–water partition coefficient (Wildman–Crippen LogP) is 1.35. The largest absolute Gasteiger partial charge is 0.382 e. The van der Waals surface area contributed by atoms with E-state index in [1.54, 1.807) is 4.68 Å². The fourth-order valence-corrected chi connectivity index (χ4v) is 1.43. The first-order chi connectivity index (χ1) is 6.72. The molecule has 4 heteroatoms. The number of anilines is 1. The van der Waals surface area contributed by atoms with E-state index in [4.69, 9.17) is 5.73 Å². The Morgan fingerprint density at radius 3 is 2.93 bits per heavy atom. The summed E-state index contributed by atoms with van der Waals surface area (Å²) in [4.78, 5) is 0. The molecule has 0 saturated carbocycles. The molecule has 0 bridgehead atoms. The maximum atomic E-state index is 5.89. The van der Waals surface area contributed by atoms with Crippen LogP contribution in [0.1, 0.15) is 26.2 Å². The minimum absolute atomic E-state index is 0.323. The number of hydrogen-bond donors (Lipinski definition) is 2. The van der Waals surface area contributed by atoms with E-state index in [-0.39, 0.29) is 0 Å². The maximum Gasteiger partial charge on any atom is 0.0726 e. The van der Waals surface area contributed by atoms with Crippen LogP contribution in [0.4, 0.5) is 5.69 Å². The molecule has 80 valence electrons. The Hall–Kier alpha value is -1.03. The molecule has 0 aliphatic carbocycles. The quantitative estimate of drug-likeness (QED) is 0.722. The summed E-state index contributed by atoms with van der Waals surface area (Å²) in [7, 11) is 1.91. The van der Waals surface area contributed by atoms with E-state index >= 15 is 0 Å². The first-order valence-corrected chi connectivity index (χ1v) is 5.20. The van der Waals surface area contributed by atoms with Crippen molar-refractivity contribution in [2.45, 2.75) is 32.2 Å². The molecule has 1 rings (SSSR count). The van der Waals surface area contributed by atoms with E-state index in [1.165, 1.54) is 0 Å². The smallest absolute Gasteiger partial charge is 0.0726 e. The van der Waals surface area contributed by atoms with Crippen LogP contribution in [-0.4, -0.2) is 22.4 Å². The number of rotatable bonds is 6. The average molecular weight is 196 g/mol. The van der Waals surface area contributed by atoms with Gasteiger partial charge in [0.25, 0.3) is 0 Å². The summed E-state index contributed by atoms with van der Waals surface area (Å²) in [6, 6.07) is 0.323. The number of nitrogens with two attached hydrogens (primary N) is 1. The second-order valence-electron chi connectivity index (χ2n) is 3.67. The zero-order valence-electron chi connectivity index (χ0n) is 9.03. The van der Waals surface area contributed by atoms with Crippen molar-refractivity contribution in [1.82, 2.24) is 9.78 Å². The molecule has 0 fully saturated rings. The molecule has 1 unspecified atom stereocenters. The molecule has 14 heavy (non-hydrogen) atoms. The summed E-state index contributed by atoms with van der Waals surface area (Å²) in [5.41, 5.74) is 6.96. The molecule has 1 heterocycles. The number of hydrogen-bond acceptors (Lipinski definition) is 3. The van der Waals surface area contributed by atoms with Crippen molar-refractivity contribution in [1.29, 1.82) is 0 Å². The Labute approximate surface area is 85.5 Å². The van der Waals surface area contributed by atoms with Crippen molar-refractivity contribution in [3.63, 3.8) is 0 Å². The lowest BCUT2D eigenvalue weighted by molar-refractivity contribution is 0.575. The molecule has 0 radical (unpaired) electrons. The van der Waals surface area contributed by atoms with Crippen LogP contribution in [0.15, 0.2) is 12.4 Å². The summed E-state index contributed by atoms with van der Waals surface area (Å²) in [5.74, 6) is 0. The second kappa shape index (κ2) is 5.65. The number of nitrogens with zero attached hydrogens (tertiary/aromatic N) is 2. The molecule has 0 amide bonds. The van der Waals surface area contributed by atoms with Gasteiger partial charge < -0.3 is 11.1 Å². The third-order valence-electron chi connectivity index (χ3n) is 2.21. The van der Waals surface area contributed by atoms with E-state index in [0.29, 0.717) is 6.04 Å². The first kappa shape index (κ1) is 11.0. The number of aromatic nitrogens is 2. The highest BCUT2D eigenvalue weighted by atomic mass is 15.3. The average Bonchev–Trinajstić information content (AvgIpc) is 2.52. The summed E-state index contributed by atoms with van der Waals surface area (Å²) in [6.45, 7) is 3.08. The molecule has 4 nitrogen and oxygen atoms in total. The Kier molecular flexibility index (Phi) is 4.46. The van der Waals surface area contributed by atoms with Crippen molar-refractivity contribution < 1.29 is 0 Å². The minimum atomic E-state index is 0.323. The lowest BCUT2D eigenvalue weighted by atomic mass is 10.1. The molecular weight excluding hydrogens is 176 g/mol. The monoisotopic (exact) mass is 196 g/mol. The lowest BCUT2D eigenvalue weighted by Crippen LogP contribution is -2.22. The van der Waals surface area contributed by atoms with Crippen LogP contribution in [0.5, 0.6) is 0 Å². The highest BCUT2D eigenvalue weighted by Gasteiger charge is 2.00. The van der Waals surface area contributed by atoms with Crippen LogP contribution in [0.2, 0.25) is 0 Å². The standard InChI is InChI=1S/C10H20N4/c1-3-4-9(11)5-6-12-10-7-13-14(2)8-10/h7-9,12H,3-6,11H2,1-2H3. The van der Waals surface area contributed by atoms with Gasteiger partial charge in [0, 0.05) is 25.8 Å². The summed E-state index contributed by atoms with van der Waals surface area (Å²) in [5, 5.41) is 7.37. The van der Waals surface area contributed by atoms with Gasteiger partial charge in [-0.05, 0) is 12.8 Å². The van der Waals surface area contributed by atoms with Gasteiger partial charge in [-0.15, -0.1) is 0 Å². The molecule has 0 aliphatic rings. The van der Waals surface area contributed by atoms with E-state index in [0.717, 1.165) is 31.5 Å². The number of aryl methyl sites for hydroxylation is 1. The van der Waals surface area contributed by atoms with Gasteiger partial charge in [0.2, 0.25) is 0 Å². The third kappa shape index (κ3) is 3.79. The van der Waals surface area contributed by atoms with E-state index in [9.17, 15) is 0 Å². The Bertz CT molecular complexity index is 256.